The monoisotopic (exact) mass is 528 g/mol. The lowest BCUT2D eigenvalue weighted by Crippen LogP contribution is -2.19. The summed E-state index contributed by atoms with van der Waals surface area (Å²) in [4.78, 5) is 24.4. The zero-order valence-electron chi connectivity index (χ0n) is 19.2. The number of rotatable bonds is 6. The van der Waals surface area contributed by atoms with Gasteiger partial charge in [0.15, 0.2) is 13.4 Å². The van der Waals surface area contributed by atoms with E-state index in [1.54, 1.807) is 13.8 Å². The van der Waals surface area contributed by atoms with Gasteiger partial charge in [-0.3, -0.25) is 4.98 Å². The quantitative estimate of drug-likeness (QED) is 0.354. The van der Waals surface area contributed by atoms with Crippen molar-refractivity contribution < 1.29 is 22.8 Å². The van der Waals surface area contributed by atoms with Crippen LogP contribution in [0.1, 0.15) is 29.8 Å². The Morgan fingerprint density at radius 1 is 1.19 bits per heavy atom. The van der Waals surface area contributed by atoms with Gasteiger partial charge in [-0.1, -0.05) is 11.6 Å². The number of hydrogen-bond donors (Lipinski definition) is 1. The first-order chi connectivity index (χ1) is 17.1. The highest BCUT2D eigenvalue weighted by Gasteiger charge is 2.21. The predicted octanol–water partition coefficient (Wildman–Crippen LogP) is 4.80. The van der Waals surface area contributed by atoms with Gasteiger partial charge in [-0.05, 0) is 44.2 Å². The minimum Gasteiger partial charge on any atom is -0.774 e. The number of nitrogens with zero attached hydrogens (tertiary/aromatic N) is 4. The highest BCUT2D eigenvalue weighted by atomic mass is 35.5. The molecule has 1 unspecified atom stereocenters. The van der Waals surface area contributed by atoms with Crippen LogP contribution in [0.25, 0.3) is 22.3 Å². The lowest BCUT2D eigenvalue weighted by molar-refractivity contribution is -0.191. The summed E-state index contributed by atoms with van der Waals surface area (Å²) in [6.45, 7) is 3.32. The average Bonchev–Trinajstić information content (AvgIpc) is 2.86. The highest BCUT2D eigenvalue weighted by molar-refractivity contribution is 7.59. The number of nitriles is 1. The van der Waals surface area contributed by atoms with Gasteiger partial charge in [0.2, 0.25) is 0 Å². The Morgan fingerprint density at radius 2 is 1.94 bits per heavy atom. The molecule has 1 aromatic carbocycles. The van der Waals surface area contributed by atoms with Gasteiger partial charge in [0.1, 0.15) is 22.5 Å². The normalized spacial score (nSPS) is 13.7. The second-order valence-electron chi connectivity index (χ2n) is 7.87. The van der Waals surface area contributed by atoms with Crippen LogP contribution in [0.15, 0.2) is 42.6 Å². The van der Waals surface area contributed by atoms with Gasteiger partial charge < -0.3 is 19.3 Å². The summed E-state index contributed by atoms with van der Waals surface area (Å²) >= 11 is 6.53. The summed E-state index contributed by atoms with van der Waals surface area (Å²) in [6, 6.07) is 9.06. The van der Waals surface area contributed by atoms with Crippen LogP contribution in [0.2, 0.25) is 5.02 Å². The largest absolute Gasteiger partial charge is 0.774 e. The summed E-state index contributed by atoms with van der Waals surface area (Å²) in [7, 11) is -3.31. The third-order valence-electron chi connectivity index (χ3n) is 5.51. The fourth-order valence-electron chi connectivity index (χ4n) is 3.62. The van der Waals surface area contributed by atoms with Crippen molar-refractivity contribution in [2.75, 3.05) is 12.4 Å². The molecule has 0 saturated carbocycles. The van der Waals surface area contributed by atoms with Gasteiger partial charge >= 0.3 is 0 Å². The minimum atomic E-state index is -4.33. The molecule has 2 atom stereocenters. The molecular weight excluding hydrogens is 511 g/mol. The van der Waals surface area contributed by atoms with Gasteiger partial charge in [-0.25, -0.2) is 18.7 Å². The van der Waals surface area contributed by atoms with E-state index in [9.17, 15) is 19.1 Å². The third kappa shape index (κ3) is 4.79. The maximum Gasteiger partial charge on any atom is 0.183 e. The Labute approximate surface area is 210 Å². The summed E-state index contributed by atoms with van der Waals surface area (Å²) in [5, 5.41) is 12.5. The Morgan fingerprint density at radius 3 is 2.58 bits per heavy atom. The van der Waals surface area contributed by atoms with Crippen LogP contribution in [-0.2, 0) is 9.09 Å². The molecule has 3 aromatic heterocycles. The molecule has 0 amide bonds. The number of aryl methyl sites for hydroxylation is 1. The van der Waals surface area contributed by atoms with Crippen molar-refractivity contribution in [3.63, 3.8) is 0 Å². The summed E-state index contributed by atoms with van der Waals surface area (Å²) < 4.78 is 45.9. The number of aromatic nitrogens is 3. The molecule has 36 heavy (non-hydrogen) atoms. The standard InChI is InChI=1S/C24H19ClF2N5O3P/c1-12(16-8-14(10-28)4-6-17(16)26)31-24-21(25)13(2)30-19-9-18(27)22(32-23(19)24)15-5-7-20(29-11-15)36(33,34)35-3/h4-9,11-12H,1-3H3,(H,30,31)(H,33,34)/p-1/t12-/m1/s1. The van der Waals surface area contributed by atoms with Crippen LogP contribution in [0.4, 0.5) is 14.5 Å². The van der Waals surface area contributed by atoms with E-state index in [-0.39, 0.29) is 43.9 Å². The number of halogens is 3. The molecule has 0 saturated heterocycles. The summed E-state index contributed by atoms with van der Waals surface area (Å²) in [5.41, 5.74) is 1.40. The van der Waals surface area contributed by atoms with E-state index < -0.39 is 25.3 Å². The van der Waals surface area contributed by atoms with Crippen LogP contribution in [-0.4, -0.2) is 22.1 Å². The molecule has 0 aliphatic carbocycles. The zero-order valence-corrected chi connectivity index (χ0v) is 20.9. The zero-order chi connectivity index (χ0) is 26.2. The number of hydrogen-bond acceptors (Lipinski definition) is 8. The molecule has 1 N–H and O–H groups in total. The van der Waals surface area contributed by atoms with Crippen LogP contribution >= 0.6 is 19.2 Å². The molecule has 8 nitrogen and oxygen atoms in total. The summed E-state index contributed by atoms with van der Waals surface area (Å²) in [6.07, 6.45) is 1.16. The van der Waals surface area contributed by atoms with Gasteiger partial charge in [-0.2, -0.15) is 5.26 Å². The van der Waals surface area contributed by atoms with Crippen molar-refractivity contribution in [3.8, 4) is 17.3 Å². The molecule has 184 valence electrons. The van der Waals surface area contributed by atoms with E-state index >= 15 is 4.39 Å². The van der Waals surface area contributed by atoms with E-state index in [0.717, 1.165) is 13.3 Å². The first-order valence-electron chi connectivity index (χ1n) is 10.5. The Balaban J connectivity index is 1.83. The van der Waals surface area contributed by atoms with Gasteiger partial charge in [-0.15, -0.1) is 0 Å². The van der Waals surface area contributed by atoms with E-state index in [0.29, 0.717) is 11.4 Å². The van der Waals surface area contributed by atoms with Crippen molar-refractivity contribution in [3.05, 3.63) is 76.1 Å². The molecule has 0 aliphatic heterocycles. The maximum atomic E-state index is 15.0. The third-order valence-corrected chi connectivity index (χ3v) is 7.28. The lowest BCUT2D eigenvalue weighted by Gasteiger charge is -2.20. The van der Waals surface area contributed by atoms with E-state index in [2.05, 4.69) is 24.8 Å². The fourth-order valence-corrected chi connectivity index (χ4v) is 4.45. The molecule has 4 aromatic rings. The lowest BCUT2D eigenvalue weighted by atomic mass is 10.0. The van der Waals surface area contributed by atoms with Crippen molar-refractivity contribution in [2.45, 2.75) is 19.9 Å². The topological polar surface area (TPSA) is 124 Å². The predicted molar refractivity (Wildman–Crippen MR) is 130 cm³/mol. The van der Waals surface area contributed by atoms with Crippen LogP contribution in [0, 0.1) is 29.9 Å². The van der Waals surface area contributed by atoms with Crippen molar-refractivity contribution >= 4 is 41.4 Å². The van der Waals surface area contributed by atoms with Crippen LogP contribution in [0.3, 0.4) is 0 Å². The molecule has 4 rings (SSSR count). The molecule has 0 bridgehead atoms. The smallest absolute Gasteiger partial charge is 0.183 e. The van der Waals surface area contributed by atoms with E-state index in [4.69, 9.17) is 11.6 Å². The molecule has 0 spiro atoms. The summed E-state index contributed by atoms with van der Waals surface area (Å²) in [5.74, 6) is -1.23. The Bertz CT molecular complexity index is 1580. The fraction of sp³-hybridized carbons (Fsp3) is 0.167. The number of fused-ring (bicyclic) bond motifs is 1. The molecular formula is C24H18ClF2N5O3P-. The van der Waals surface area contributed by atoms with E-state index in [1.807, 2.05) is 6.07 Å². The number of nitrogens with one attached hydrogen (secondary N) is 1. The molecule has 0 radical (unpaired) electrons. The van der Waals surface area contributed by atoms with Crippen molar-refractivity contribution in [2.24, 2.45) is 0 Å². The molecule has 0 aliphatic rings. The average molecular weight is 529 g/mol. The number of pyridine rings is 3. The maximum absolute atomic E-state index is 15.0. The first kappa shape index (κ1) is 25.6. The van der Waals surface area contributed by atoms with Crippen LogP contribution < -0.4 is 15.6 Å². The number of benzene rings is 1. The number of anilines is 1. The molecule has 0 fully saturated rings. The van der Waals surface area contributed by atoms with Gasteiger partial charge in [0.05, 0.1) is 39.6 Å². The first-order valence-corrected chi connectivity index (χ1v) is 12.4. The molecule has 3 heterocycles. The van der Waals surface area contributed by atoms with Crippen molar-refractivity contribution in [1.29, 1.82) is 5.26 Å². The van der Waals surface area contributed by atoms with Crippen molar-refractivity contribution in [1.82, 2.24) is 15.0 Å². The Hall–Kier alpha value is -3.48. The second kappa shape index (κ2) is 9.88. The second-order valence-corrected chi connectivity index (χ2v) is 10.1. The van der Waals surface area contributed by atoms with E-state index in [1.165, 1.54) is 36.4 Å². The SMILES string of the molecule is COP(=O)([O-])c1ccc(-c2nc3c(N[C@H](C)c4cc(C#N)ccc4F)c(Cl)c(C)nc3cc2F)cn1. The molecule has 12 heteroatoms. The van der Waals surface area contributed by atoms with Gasteiger partial charge in [0.25, 0.3) is 0 Å². The Kier molecular flexibility index (Phi) is 7.03. The highest BCUT2D eigenvalue weighted by Crippen LogP contribution is 2.37. The minimum absolute atomic E-state index is 0.116. The van der Waals surface area contributed by atoms with Crippen LogP contribution in [0.5, 0.6) is 0 Å². The van der Waals surface area contributed by atoms with Gasteiger partial charge in [0, 0.05) is 30.5 Å².